The summed E-state index contributed by atoms with van der Waals surface area (Å²) >= 11 is 0. The molecule has 3 aromatic rings. The van der Waals surface area contributed by atoms with E-state index in [1.807, 2.05) is 42.5 Å². The molecule has 3 amide bonds. The van der Waals surface area contributed by atoms with Crippen LogP contribution in [0.2, 0.25) is 0 Å². The zero-order chi connectivity index (χ0) is 20.8. The highest BCUT2D eigenvalue weighted by molar-refractivity contribution is 5.98. The first kappa shape index (κ1) is 20.1. The van der Waals surface area contributed by atoms with Crippen LogP contribution in [0.4, 0.5) is 11.4 Å². The van der Waals surface area contributed by atoms with Gasteiger partial charge in [-0.25, -0.2) is 0 Å². The van der Waals surface area contributed by atoms with Crippen molar-refractivity contribution in [3.8, 4) is 0 Å². The molecule has 148 valence electrons. The smallest absolute Gasteiger partial charge is 0.243 e. The van der Waals surface area contributed by atoms with Crippen molar-refractivity contribution in [2.75, 3.05) is 17.2 Å². The van der Waals surface area contributed by atoms with Crippen LogP contribution < -0.4 is 16.0 Å². The Balaban J connectivity index is 1.58. The molecule has 0 bridgehead atoms. The molecule has 0 aliphatic carbocycles. The van der Waals surface area contributed by atoms with Crippen LogP contribution in [0, 0.1) is 6.92 Å². The molecule has 0 saturated carbocycles. The second kappa shape index (κ2) is 9.01. The maximum atomic E-state index is 12.3. The van der Waals surface area contributed by atoms with Gasteiger partial charge in [0.1, 0.15) is 0 Å². The third kappa shape index (κ3) is 5.19. The summed E-state index contributed by atoms with van der Waals surface area (Å²) in [6.07, 6.45) is 0.200. The van der Waals surface area contributed by atoms with Crippen LogP contribution in [0.5, 0.6) is 0 Å². The predicted octanol–water partition coefficient (Wildman–Crippen LogP) is 3.40. The quantitative estimate of drug-likeness (QED) is 0.604. The Labute approximate surface area is 169 Å². The largest absolute Gasteiger partial charge is 0.347 e. The lowest BCUT2D eigenvalue weighted by Gasteiger charge is -2.13. The van der Waals surface area contributed by atoms with Crippen LogP contribution in [0.1, 0.15) is 18.1 Å². The van der Waals surface area contributed by atoms with Crippen LogP contribution in [-0.4, -0.2) is 24.3 Å². The Bertz CT molecular complexity index is 1070. The van der Waals surface area contributed by atoms with Crippen LogP contribution in [0.25, 0.3) is 10.8 Å². The maximum absolute atomic E-state index is 12.3. The normalized spacial score (nSPS) is 10.4. The predicted molar refractivity (Wildman–Crippen MR) is 115 cm³/mol. The fourth-order valence-corrected chi connectivity index (χ4v) is 3.15. The average molecular weight is 389 g/mol. The maximum Gasteiger partial charge on any atom is 0.243 e. The van der Waals surface area contributed by atoms with Gasteiger partial charge in [-0.1, -0.05) is 48.5 Å². The minimum absolute atomic E-state index is 0.132. The number of benzene rings is 3. The van der Waals surface area contributed by atoms with Gasteiger partial charge in [0.2, 0.25) is 17.7 Å². The number of hydrogen-bond acceptors (Lipinski definition) is 3. The van der Waals surface area contributed by atoms with Gasteiger partial charge in [0.05, 0.1) is 13.0 Å². The molecule has 0 atom stereocenters. The molecule has 0 radical (unpaired) electrons. The summed E-state index contributed by atoms with van der Waals surface area (Å²) in [7, 11) is 0. The van der Waals surface area contributed by atoms with E-state index in [1.54, 1.807) is 25.1 Å². The first-order chi connectivity index (χ1) is 13.9. The molecular weight excluding hydrogens is 366 g/mol. The van der Waals surface area contributed by atoms with Crippen molar-refractivity contribution in [3.63, 3.8) is 0 Å². The molecule has 0 saturated heterocycles. The van der Waals surface area contributed by atoms with Gasteiger partial charge in [-0.15, -0.1) is 0 Å². The molecule has 6 heteroatoms. The molecule has 0 aliphatic heterocycles. The summed E-state index contributed by atoms with van der Waals surface area (Å²) in [5.74, 6) is -0.739. The molecule has 29 heavy (non-hydrogen) atoms. The Hall–Kier alpha value is -3.67. The van der Waals surface area contributed by atoms with Gasteiger partial charge in [-0.2, -0.15) is 0 Å². The molecule has 6 nitrogen and oxygen atoms in total. The molecule has 3 N–H and O–H groups in total. The number of rotatable bonds is 6. The number of carbonyl (C=O) groups excluding carboxylic acids is 3. The fourth-order valence-electron chi connectivity index (χ4n) is 3.15. The second-order valence-corrected chi connectivity index (χ2v) is 6.80. The molecule has 0 aromatic heterocycles. The topological polar surface area (TPSA) is 87.3 Å². The van der Waals surface area contributed by atoms with E-state index in [-0.39, 0.29) is 30.7 Å². The van der Waals surface area contributed by atoms with Crippen molar-refractivity contribution >= 4 is 39.9 Å². The third-order valence-corrected chi connectivity index (χ3v) is 4.60. The van der Waals surface area contributed by atoms with Crippen LogP contribution >= 0.6 is 0 Å². The van der Waals surface area contributed by atoms with Gasteiger partial charge in [-0.05, 0) is 41.0 Å². The number of hydrogen-bond donors (Lipinski definition) is 3. The van der Waals surface area contributed by atoms with E-state index in [2.05, 4.69) is 16.0 Å². The fraction of sp³-hybridized carbons (Fsp3) is 0.174. The monoisotopic (exact) mass is 389 g/mol. The molecule has 3 aromatic carbocycles. The summed E-state index contributed by atoms with van der Waals surface area (Å²) in [5.41, 5.74) is 2.89. The molecule has 0 aliphatic rings. The van der Waals surface area contributed by atoms with E-state index >= 15 is 0 Å². The highest BCUT2D eigenvalue weighted by atomic mass is 16.2. The lowest BCUT2D eigenvalue weighted by atomic mass is 10.0. The van der Waals surface area contributed by atoms with E-state index in [0.717, 1.165) is 21.9 Å². The lowest BCUT2D eigenvalue weighted by molar-refractivity contribution is -0.123. The van der Waals surface area contributed by atoms with Gasteiger partial charge < -0.3 is 16.0 Å². The molecular formula is C23H23N3O3. The minimum Gasteiger partial charge on any atom is -0.347 e. The van der Waals surface area contributed by atoms with Gasteiger partial charge >= 0.3 is 0 Å². The number of amides is 3. The van der Waals surface area contributed by atoms with Crippen molar-refractivity contribution in [3.05, 3.63) is 71.8 Å². The van der Waals surface area contributed by atoms with Gasteiger partial charge in [-0.3, -0.25) is 14.4 Å². The van der Waals surface area contributed by atoms with Crippen LogP contribution in [-0.2, 0) is 20.8 Å². The van der Waals surface area contributed by atoms with E-state index in [0.29, 0.717) is 11.4 Å². The Morgan fingerprint density at radius 1 is 0.793 bits per heavy atom. The number of fused-ring (bicyclic) bond motifs is 1. The second-order valence-electron chi connectivity index (χ2n) is 6.80. The Morgan fingerprint density at radius 2 is 1.45 bits per heavy atom. The van der Waals surface area contributed by atoms with Crippen molar-refractivity contribution in [2.24, 2.45) is 0 Å². The molecule has 0 spiro atoms. The zero-order valence-electron chi connectivity index (χ0n) is 16.4. The van der Waals surface area contributed by atoms with Crippen molar-refractivity contribution in [1.82, 2.24) is 5.32 Å². The number of carbonyl (C=O) groups is 3. The molecule has 3 rings (SSSR count). The van der Waals surface area contributed by atoms with Gasteiger partial charge in [0.15, 0.2) is 0 Å². The van der Waals surface area contributed by atoms with E-state index < -0.39 is 0 Å². The minimum atomic E-state index is -0.334. The summed E-state index contributed by atoms with van der Waals surface area (Å²) < 4.78 is 0. The molecule has 0 unspecified atom stereocenters. The van der Waals surface area contributed by atoms with E-state index in [9.17, 15) is 14.4 Å². The lowest BCUT2D eigenvalue weighted by Crippen LogP contribution is -2.34. The van der Waals surface area contributed by atoms with E-state index in [4.69, 9.17) is 0 Å². The number of anilines is 2. The summed E-state index contributed by atoms with van der Waals surface area (Å²) in [6, 6.07) is 19.0. The summed E-state index contributed by atoms with van der Waals surface area (Å²) in [5, 5.41) is 10.2. The zero-order valence-corrected chi connectivity index (χ0v) is 16.4. The van der Waals surface area contributed by atoms with Gasteiger partial charge in [0, 0.05) is 18.3 Å². The van der Waals surface area contributed by atoms with Crippen molar-refractivity contribution in [1.29, 1.82) is 0 Å². The highest BCUT2D eigenvalue weighted by Crippen LogP contribution is 2.23. The van der Waals surface area contributed by atoms with Crippen LogP contribution in [0.15, 0.2) is 60.7 Å². The van der Waals surface area contributed by atoms with Crippen molar-refractivity contribution in [2.45, 2.75) is 20.3 Å². The molecule has 0 heterocycles. The van der Waals surface area contributed by atoms with Crippen molar-refractivity contribution < 1.29 is 14.4 Å². The number of nitrogens with one attached hydrogen (secondary N) is 3. The van der Waals surface area contributed by atoms with Crippen LogP contribution in [0.3, 0.4) is 0 Å². The first-order valence-corrected chi connectivity index (χ1v) is 9.34. The van der Waals surface area contributed by atoms with E-state index in [1.165, 1.54) is 6.92 Å². The highest BCUT2D eigenvalue weighted by Gasteiger charge is 2.11. The SMILES string of the molecule is CC(=O)Nc1cccc(NC(=O)CNC(=O)Cc2cccc3ccccc23)c1C. The summed E-state index contributed by atoms with van der Waals surface area (Å²) in [6.45, 7) is 3.10. The third-order valence-electron chi connectivity index (χ3n) is 4.60. The standard InChI is InChI=1S/C23H23N3O3/c1-15-20(25-16(2)27)11-6-12-21(15)26-23(29)14-24-22(28)13-18-9-5-8-17-7-3-4-10-19(17)18/h3-12H,13-14H2,1-2H3,(H,24,28)(H,25,27)(H,26,29). The Kier molecular flexibility index (Phi) is 6.24. The van der Waals surface area contributed by atoms with Gasteiger partial charge in [0.25, 0.3) is 0 Å². The summed E-state index contributed by atoms with van der Waals surface area (Å²) in [4.78, 5) is 35.8. The first-order valence-electron chi connectivity index (χ1n) is 9.34. The molecule has 0 fully saturated rings. The Morgan fingerprint density at radius 3 is 2.21 bits per heavy atom. The average Bonchev–Trinajstić information content (AvgIpc) is 2.69.